The Labute approximate surface area is 131 Å². The summed E-state index contributed by atoms with van der Waals surface area (Å²) in [4.78, 5) is 11.7. The maximum atomic E-state index is 11.7. The Balaban J connectivity index is 2.23. The molecule has 0 heterocycles. The van der Waals surface area contributed by atoms with E-state index in [9.17, 15) is 4.79 Å². The van der Waals surface area contributed by atoms with Gasteiger partial charge in [-0.2, -0.15) is 0 Å². The molecule has 0 aliphatic rings. The molecule has 2 aromatic rings. The standard InChI is InChI=1S/C15H15BrN2O3/c1-20-13-8-4-7-12(16)14(13)21-9-10-5-2-3-6-11(10)15(19)18-17/h2-8H,9,17H2,1H3,(H,18,19). The maximum Gasteiger partial charge on any atom is 0.265 e. The number of hydrogen-bond acceptors (Lipinski definition) is 4. The highest BCUT2D eigenvalue weighted by molar-refractivity contribution is 9.10. The number of ether oxygens (including phenoxy) is 2. The summed E-state index contributed by atoms with van der Waals surface area (Å²) in [6.45, 7) is 0.225. The lowest BCUT2D eigenvalue weighted by Crippen LogP contribution is -2.30. The van der Waals surface area contributed by atoms with Gasteiger partial charge in [-0.05, 0) is 34.1 Å². The quantitative estimate of drug-likeness (QED) is 0.493. The summed E-state index contributed by atoms with van der Waals surface area (Å²) in [5.74, 6) is 6.03. The average molecular weight is 351 g/mol. The first kappa shape index (κ1) is 15.3. The first-order valence-electron chi connectivity index (χ1n) is 6.21. The minimum atomic E-state index is -0.353. The van der Waals surface area contributed by atoms with Gasteiger partial charge in [0.25, 0.3) is 5.91 Å². The molecule has 3 N–H and O–H groups in total. The Morgan fingerprint density at radius 3 is 2.71 bits per heavy atom. The Bertz CT molecular complexity index is 647. The molecule has 6 heteroatoms. The Kier molecular flexibility index (Phi) is 5.19. The minimum Gasteiger partial charge on any atom is -0.493 e. The van der Waals surface area contributed by atoms with Crippen molar-refractivity contribution in [1.82, 2.24) is 5.43 Å². The van der Waals surface area contributed by atoms with Crippen molar-refractivity contribution in [1.29, 1.82) is 0 Å². The molecule has 0 aromatic heterocycles. The SMILES string of the molecule is COc1cccc(Br)c1OCc1ccccc1C(=O)NN. The fourth-order valence-electron chi connectivity index (χ4n) is 1.89. The van der Waals surface area contributed by atoms with E-state index in [4.69, 9.17) is 15.3 Å². The zero-order chi connectivity index (χ0) is 15.2. The van der Waals surface area contributed by atoms with Crippen molar-refractivity contribution >= 4 is 21.8 Å². The summed E-state index contributed by atoms with van der Waals surface area (Å²) < 4.78 is 11.8. The molecule has 110 valence electrons. The fraction of sp³-hybridized carbons (Fsp3) is 0.133. The van der Waals surface area contributed by atoms with E-state index in [-0.39, 0.29) is 12.5 Å². The van der Waals surface area contributed by atoms with Gasteiger partial charge in [-0.15, -0.1) is 0 Å². The first-order chi connectivity index (χ1) is 10.2. The van der Waals surface area contributed by atoms with Crippen LogP contribution in [0.4, 0.5) is 0 Å². The third kappa shape index (κ3) is 3.53. The summed E-state index contributed by atoms with van der Waals surface area (Å²) in [6, 6.07) is 12.6. The van der Waals surface area contributed by atoms with Gasteiger partial charge < -0.3 is 9.47 Å². The predicted octanol–water partition coefficient (Wildman–Crippen LogP) is 2.64. The predicted molar refractivity (Wildman–Crippen MR) is 83.1 cm³/mol. The molecule has 0 saturated heterocycles. The molecule has 0 radical (unpaired) electrons. The number of carbonyl (C=O) groups excluding carboxylic acids is 1. The van der Waals surface area contributed by atoms with E-state index in [2.05, 4.69) is 21.4 Å². The second-order valence-electron chi connectivity index (χ2n) is 4.19. The molecule has 0 fully saturated rings. The van der Waals surface area contributed by atoms with Gasteiger partial charge >= 0.3 is 0 Å². The van der Waals surface area contributed by atoms with E-state index in [1.165, 1.54) is 0 Å². The van der Waals surface area contributed by atoms with Gasteiger partial charge in [-0.3, -0.25) is 10.2 Å². The molecule has 21 heavy (non-hydrogen) atoms. The van der Waals surface area contributed by atoms with Crippen molar-refractivity contribution in [2.45, 2.75) is 6.61 Å². The van der Waals surface area contributed by atoms with E-state index in [1.54, 1.807) is 25.3 Å². The summed E-state index contributed by atoms with van der Waals surface area (Å²) >= 11 is 3.42. The van der Waals surface area contributed by atoms with Crippen LogP contribution in [0.25, 0.3) is 0 Å². The van der Waals surface area contributed by atoms with E-state index in [0.717, 1.165) is 10.0 Å². The van der Waals surface area contributed by atoms with Crippen molar-refractivity contribution < 1.29 is 14.3 Å². The van der Waals surface area contributed by atoms with Crippen LogP contribution in [0.15, 0.2) is 46.9 Å². The smallest absolute Gasteiger partial charge is 0.265 e. The van der Waals surface area contributed by atoms with Crippen LogP contribution in [0.3, 0.4) is 0 Å². The molecular weight excluding hydrogens is 336 g/mol. The van der Waals surface area contributed by atoms with E-state index in [0.29, 0.717) is 17.1 Å². The number of halogens is 1. The van der Waals surface area contributed by atoms with E-state index >= 15 is 0 Å². The molecule has 0 unspecified atom stereocenters. The number of benzene rings is 2. The number of methoxy groups -OCH3 is 1. The highest BCUT2D eigenvalue weighted by Gasteiger charge is 2.13. The molecular formula is C15H15BrN2O3. The van der Waals surface area contributed by atoms with Crippen molar-refractivity contribution in [3.05, 3.63) is 58.1 Å². The van der Waals surface area contributed by atoms with Crippen LogP contribution in [-0.4, -0.2) is 13.0 Å². The van der Waals surface area contributed by atoms with E-state index < -0.39 is 0 Å². The Morgan fingerprint density at radius 2 is 2.00 bits per heavy atom. The highest BCUT2D eigenvalue weighted by atomic mass is 79.9. The van der Waals surface area contributed by atoms with Crippen molar-refractivity contribution in [3.8, 4) is 11.5 Å². The lowest BCUT2D eigenvalue weighted by molar-refractivity contribution is 0.0951. The van der Waals surface area contributed by atoms with Crippen LogP contribution in [0.1, 0.15) is 15.9 Å². The van der Waals surface area contributed by atoms with Gasteiger partial charge in [0.2, 0.25) is 0 Å². The summed E-state index contributed by atoms with van der Waals surface area (Å²) in [5.41, 5.74) is 3.34. The molecule has 0 bridgehead atoms. The molecule has 5 nitrogen and oxygen atoms in total. The van der Waals surface area contributed by atoms with Crippen LogP contribution in [-0.2, 0) is 6.61 Å². The molecule has 0 saturated carbocycles. The summed E-state index contributed by atoms with van der Waals surface area (Å²) in [5, 5.41) is 0. The summed E-state index contributed by atoms with van der Waals surface area (Å²) in [7, 11) is 1.57. The Morgan fingerprint density at radius 1 is 1.24 bits per heavy atom. The molecule has 2 aromatic carbocycles. The van der Waals surface area contributed by atoms with Gasteiger partial charge in [0, 0.05) is 11.1 Å². The first-order valence-corrected chi connectivity index (χ1v) is 7.00. The fourth-order valence-corrected chi connectivity index (χ4v) is 2.35. The third-order valence-electron chi connectivity index (χ3n) is 2.92. The molecule has 0 atom stereocenters. The van der Waals surface area contributed by atoms with Gasteiger partial charge in [0.15, 0.2) is 11.5 Å². The largest absolute Gasteiger partial charge is 0.493 e. The van der Waals surface area contributed by atoms with E-state index in [1.807, 2.05) is 24.3 Å². The van der Waals surface area contributed by atoms with Crippen LogP contribution in [0.5, 0.6) is 11.5 Å². The average Bonchev–Trinajstić information content (AvgIpc) is 2.53. The topological polar surface area (TPSA) is 73.6 Å². The molecule has 0 aliphatic heterocycles. The zero-order valence-corrected chi connectivity index (χ0v) is 13.0. The van der Waals surface area contributed by atoms with Crippen LogP contribution < -0.4 is 20.7 Å². The van der Waals surface area contributed by atoms with Crippen LogP contribution >= 0.6 is 15.9 Å². The summed E-state index contributed by atoms with van der Waals surface area (Å²) in [6.07, 6.45) is 0. The lowest BCUT2D eigenvalue weighted by Gasteiger charge is -2.14. The van der Waals surface area contributed by atoms with Crippen molar-refractivity contribution in [2.75, 3.05) is 7.11 Å². The number of carbonyl (C=O) groups is 1. The van der Waals surface area contributed by atoms with Crippen LogP contribution in [0, 0.1) is 0 Å². The third-order valence-corrected chi connectivity index (χ3v) is 3.54. The monoisotopic (exact) mass is 350 g/mol. The molecule has 2 rings (SSSR count). The second-order valence-corrected chi connectivity index (χ2v) is 5.04. The molecule has 1 amide bonds. The van der Waals surface area contributed by atoms with Gasteiger partial charge in [-0.1, -0.05) is 24.3 Å². The van der Waals surface area contributed by atoms with Gasteiger partial charge in [0.1, 0.15) is 6.61 Å². The minimum absolute atomic E-state index is 0.225. The number of amides is 1. The highest BCUT2D eigenvalue weighted by Crippen LogP contribution is 2.35. The zero-order valence-electron chi connectivity index (χ0n) is 11.4. The molecule has 0 aliphatic carbocycles. The van der Waals surface area contributed by atoms with Crippen LogP contribution in [0.2, 0.25) is 0 Å². The number of hydrazine groups is 1. The maximum absolute atomic E-state index is 11.7. The number of para-hydroxylation sites is 1. The number of nitrogen functional groups attached to an aromatic ring is 1. The lowest BCUT2D eigenvalue weighted by atomic mass is 10.1. The normalized spacial score (nSPS) is 10.0. The second kappa shape index (κ2) is 7.10. The van der Waals surface area contributed by atoms with Gasteiger partial charge in [0.05, 0.1) is 11.6 Å². The molecule has 0 spiro atoms. The Hall–Kier alpha value is -2.05. The van der Waals surface area contributed by atoms with Gasteiger partial charge in [-0.25, -0.2) is 5.84 Å². The number of hydrogen-bond donors (Lipinski definition) is 2. The number of nitrogens with two attached hydrogens (primary N) is 1. The van der Waals surface area contributed by atoms with Crippen molar-refractivity contribution in [2.24, 2.45) is 5.84 Å². The van der Waals surface area contributed by atoms with Crippen molar-refractivity contribution in [3.63, 3.8) is 0 Å². The number of rotatable bonds is 5. The number of nitrogens with one attached hydrogen (secondary N) is 1.